The van der Waals surface area contributed by atoms with E-state index in [2.05, 4.69) is 5.32 Å². The second-order valence-electron chi connectivity index (χ2n) is 7.96. The van der Waals surface area contributed by atoms with Crippen molar-refractivity contribution in [1.82, 2.24) is 0 Å². The van der Waals surface area contributed by atoms with Crippen molar-refractivity contribution in [2.24, 2.45) is 0 Å². The Morgan fingerprint density at radius 3 is 2.39 bits per heavy atom. The van der Waals surface area contributed by atoms with Crippen molar-refractivity contribution >= 4 is 23.2 Å². The number of hydrogen-bond donors (Lipinski definition) is 1. The van der Waals surface area contributed by atoms with Gasteiger partial charge in [0.05, 0.1) is 17.8 Å². The number of nitrogens with zero attached hydrogens (tertiary/aromatic N) is 2. The molecule has 0 aliphatic rings. The fourth-order valence-corrected chi connectivity index (χ4v) is 3.10. The molecule has 0 saturated carbocycles. The van der Waals surface area contributed by atoms with E-state index in [-0.39, 0.29) is 17.8 Å². The van der Waals surface area contributed by atoms with Gasteiger partial charge in [-0.05, 0) is 56.7 Å². The molecular formula is C25H24FN3O2. The van der Waals surface area contributed by atoms with Gasteiger partial charge in [0.2, 0.25) is 0 Å². The van der Waals surface area contributed by atoms with Gasteiger partial charge in [0, 0.05) is 11.4 Å². The summed E-state index contributed by atoms with van der Waals surface area (Å²) >= 11 is 0. The van der Waals surface area contributed by atoms with Crippen LogP contribution in [0.1, 0.15) is 31.9 Å². The molecule has 0 heterocycles. The highest BCUT2D eigenvalue weighted by molar-refractivity contribution is 5.86. The van der Waals surface area contributed by atoms with Crippen LogP contribution >= 0.6 is 0 Å². The molecule has 0 fully saturated rings. The lowest BCUT2D eigenvalue weighted by molar-refractivity contribution is 0.0636. The second-order valence-corrected chi connectivity index (χ2v) is 7.96. The summed E-state index contributed by atoms with van der Waals surface area (Å²) in [6.45, 7) is 5.64. The topological polar surface area (TPSA) is 65.4 Å². The molecule has 3 aromatic rings. The molecule has 3 rings (SSSR count). The fraction of sp³-hybridized carbons (Fsp3) is 0.200. The Morgan fingerprint density at radius 1 is 1.03 bits per heavy atom. The predicted molar refractivity (Wildman–Crippen MR) is 120 cm³/mol. The third-order valence-electron chi connectivity index (χ3n) is 4.44. The Kier molecular flexibility index (Phi) is 6.56. The van der Waals surface area contributed by atoms with E-state index in [0.29, 0.717) is 5.69 Å². The Balaban J connectivity index is 1.99. The lowest BCUT2D eigenvalue weighted by atomic mass is 10.1. The number of anilines is 3. The molecule has 1 amide bonds. The smallest absolute Gasteiger partial charge is 0.412 e. The number of carbonyl (C=O) groups is 1. The zero-order chi connectivity index (χ0) is 22.4. The minimum absolute atomic E-state index is 0.0291. The summed E-state index contributed by atoms with van der Waals surface area (Å²) in [6.07, 6.45) is -0.566. The number of para-hydroxylation sites is 2. The van der Waals surface area contributed by atoms with Crippen molar-refractivity contribution in [3.8, 4) is 6.07 Å². The molecule has 0 spiro atoms. The lowest BCUT2D eigenvalue weighted by Crippen LogP contribution is -2.28. The fourth-order valence-electron chi connectivity index (χ4n) is 3.10. The number of amides is 1. The first-order valence-electron chi connectivity index (χ1n) is 9.87. The van der Waals surface area contributed by atoms with Crippen molar-refractivity contribution in [2.75, 3.05) is 10.2 Å². The number of halogens is 1. The number of nitriles is 1. The van der Waals surface area contributed by atoms with Crippen molar-refractivity contribution < 1.29 is 13.9 Å². The second kappa shape index (κ2) is 9.31. The van der Waals surface area contributed by atoms with E-state index in [4.69, 9.17) is 4.74 Å². The van der Waals surface area contributed by atoms with Gasteiger partial charge in [-0.1, -0.05) is 42.5 Å². The molecule has 0 radical (unpaired) electrons. The summed E-state index contributed by atoms with van der Waals surface area (Å²) in [4.78, 5) is 14.1. The summed E-state index contributed by atoms with van der Waals surface area (Å²) in [5.74, 6) is -0.591. The van der Waals surface area contributed by atoms with Gasteiger partial charge < -0.3 is 9.64 Å². The van der Waals surface area contributed by atoms with Gasteiger partial charge in [-0.2, -0.15) is 5.26 Å². The van der Waals surface area contributed by atoms with Gasteiger partial charge in [0.25, 0.3) is 0 Å². The van der Waals surface area contributed by atoms with E-state index in [9.17, 15) is 10.1 Å². The van der Waals surface area contributed by atoms with Crippen molar-refractivity contribution in [3.05, 3.63) is 89.7 Å². The monoisotopic (exact) mass is 417 g/mol. The zero-order valence-electron chi connectivity index (χ0n) is 17.7. The van der Waals surface area contributed by atoms with Crippen LogP contribution in [0.25, 0.3) is 0 Å². The molecule has 6 heteroatoms. The Bertz CT molecular complexity index is 1100. The van der Waals surface area contributed by atoms with Gasteiger partial charge >= 0.3 is 6.09 Å². The molecule has 0 saturated heterocycles. The van der Waals surface area contributed by atoms with E-state index in [1.165, 1.54) is 6.07 Å². The molecule has 31 heavy (non-hydrogen) atoms. The van der Waals surface area contributed by atoms with Crippen LogP contribution in [0.3, 0.4) is 0 Å². The molecule has 0 aromatic heterocycles. The average Bonchev–Trinajstić information content (AvgIpc) is 2.73. The zero-order valence-corrected chi connectivity index (χ0v) is 17.7. The van der Waals surface area contributed by atoms with E-state index >= 15 is 4.39 Å². The Hall–Kier alpha value is -3.85. The molecule has 5 nitrogen and oxygen atoms in total. The Labute approximate surface area is 181 Å². The quantitative estimate of drug-likeness (QED) is 0.523. The number of ether oxygens (including phenoxy) is 1. The van der Waals surface area contributed by atoms with Crippen LogP contribution in [-0.2, 0) is 11.3 Å². The van der Waals surface area contributed by atoms with E-state index in [1.54, 1.807) is 49.9 Å². The first kappa shape index (κ1) is 21.8. The van der Waals surface area contributed by atoms with Gasteiger partial charge in [-0.25, -0.2) is 9.18 Å². The SMILES string of the molecule is CC(C)(C)OC(=O)Nc1ccccc1CN(c1ccccc1)c1cccc(C#N)c1F. The molecule has 0 unspecified atom stereocenters. The van der Waals surface area contributed by atoms with E-state index in [1.807, 2.05) is 48.5 Å². The highest BCUT2D eigenvalue weighted by atomic mass is 19.1. The molecule has 3 aromatic carbocycles. The maximum absolute atomic E-state index is 15.1. The van der Waals surface area contributed by atoms with E-state index < -0.39 is 17.5 Å². The molecular weight excluding hydrogens is 393 g/mol. The van der Waals surface area contributed by atoms with Crippen LogP contribution in [0.15, 0.2) is 72.8 Å². The molecule has 0 aliphatic carbocycles. The highest BCUT2D eigenvalue weighted by Crippen LogP contribution is 2.32. The minimum atomic E-state index is -0.629. The Morgan fingerprint density at radius 2 is 1.71 bits per heavy atom. The van der Waals surface area contributed by atoms with Crippen molar-refractivity contribution in [2.45, 2.75) is 32.9 Å². The normalized spacial score (nSPS) is 10.8. The largest absolute Gasteiger partial charge is 0.444 e. The first-order chi connectivity index (χ1) is 14.8. The molecule has 0 atom stereocenters. The summed E-state index contributed by atoms with van der Waals surface area (Å²) in [5.41, 5.74) is 1.70. The van der Waals surface area contributed by atoms with Gasteiger partial charge in [0.1, 0.15) is 11.7 Å². The third-order valence-corrected chi connectivity index (χ3v) is 4.44. The number of nitrogens with one attached hydrogen (secondary N) is 1. The lowest BCUT2D eigenvalue weighted by Gasteiger charge is -2.27. The highest BCUT2D eigenvalue weighted by Gasteiger charge is 2.20. The third kappa shape index (κ3) is 5.61. The van der Waals surface area contributed by atoms with Crippen LogP contribution in [0.4, 0.5) is 26.2 Å². The van der Waals surface area contributed by atoms with Gasteiger partial charge in [-0.15, -0.1) is 0 Å². The van der Waals surface area contributed by atoms with Crippen LogP contribution in [0.2, 0.25) is 0 Å². The van der Waals surface area contributed by atoms with Gasteiger partial charge in [0.15, 0.2) is 5.82 Å². The summed E-state index contributed by atoms with van der Waals surface area (Å²) in [5, 5.41) is 12.0. The van der Waals surface area contributed by atoms with Crippen LogP contribution in [-0.4, -0.2) is 11.7 Å². The molecule has 158 valence electrons. The number of hydrogen-bond acceptors (Lipinski definition) is 4. The van der Waals surface area contributed by atoms with Crippen LogP contribution < -0.4 is 10.2 Å². The number of rotatable bonds is 5. The number of carbonyl (C=O) groups excluding carboxylic acids is 1. The molecule has 0 bridgehead atoms. The van der Waals surface area contributed by atoms with Crippen LogP contribution in [0, 0.1) is 17.1 Å². The number of benzene rings is 3. The summed E-state index contributed by atoms with van der Waals surface area (Å²) in [7, 11) is 0. The molecule has 1 N–H and O–H groups in total. The molecule has 0 aliphatic heterocycles. The predicted octanol–water partition coefficient (Wildman–Crippen LogP) is 6.38. The van der Waals surface area contributed by atoms with E-state index in [0.717, 1.165) is 11.3 Å². The van der Waals surface area contributed by atoms with Gasteiger partial charge in [-0.3, -0.25) is 5.32 Å². The minimum Gasteiger partial charge on any atom is -0.444 e. The van der Waals surface area contributed by atoms with Crippen molar-refractivity contribution in [3.63, 3.8) is 0 Å². The van der Waals surface area contributed by atoms with Crippen molar-refractivity contribution in [1.29, 1.82) is 5.26 Å². The summed E-state index contributed by atoms with van der Waals surface area (Å²) in [6, 6.07) is 23.2. The standard InChI is InChI=1S/C25H24FN3O2/c1-25(2,3)31-24(30)28-21-14-8-7-10-19(21)17-29(20-12-5-4-6-13-20)22-15-9-11-18(16-27)23(22)26/h4-15H,17H2,1-3H3,(H,28,30). The maximum Gasteiger partial charge on any atom is 0.412 e. The summed E-state index contributed by atoms with van der Waals surface area (Å²) < 4.78 is 20.4. The average molecular weight is 417 g/mol. The first-order valence-corrected chi connectivity index (χ1v) is 9.87. The van der Waals surface area contributed by atoms with Crippen LogP contribution in [0.5, 0.6) is 0 Å². The maximum atomic E-state index is 15.1.